The van der Waals surface area contributed by atoms with Gasteiger partial charge in [0.2, 0.25) is 0 Å². The number of aryl methyl sites for hydroxylation is 5. The van der Waals surface area contributed by atoms with Gasteiger partial charge in [0.1, 0.15) is 23.8 Å². The molecule has 0 aliphatic heterocycles. The first kappa shape index (κ1) is 42.7. The summed E-state index contributed by atoms with van der Waals surface area (Å²) in [5, 5.41) is 26.4. The van der Waals surface area contributed by atoms with Crippen LogP contribution in [0, 0.1) is 57.3 Å². The summed E-state index contributed by atoms with van der Waals surface area (Å²) in [6, 6.07) is 60.5. The molecule has 10 heteroatoms. The minimum absolute atomic E-state index is 0.472. The van der Waals surface area contributed by atoms with E-state index >= 15 is 0 Å². The van der Waals surface area contributed by atoms with Gasteiger partial charge in [0, 0.05) is 49.4 Å². The van der Waals surface area contributed by atoms with Crippen molar-refractivity contribution in [3.63, 3.8) is 0 Å². The molecule has 12 rings (SSSR count). The van der Waals surface area contributed by atoms with Crippen molar-refractivity contribution in [2.75, 3.05) is 0 Å². The number of fused-ring (bicyclic) bond motifs is 6. The number of benzene rings is 8. The van der Waals surface area contributed by atoms with Crippen LogP contribution < -0.4 is 0 Å². The lowest BCUT2D eigenvalue weighted by molar-refractivity contribution is 0.928. The van der Waals surface area contributed by atoms with E-state index in [1.807, 2.05) is 98.8 Å². The molecule has 4 aromatic heterocycles. The molecular formula is C61H42N10. The summed E-state index contributed by atoms with van der Waals surface area (Å²) in [5.41, 5.74) is 14.2. The molecule has 336 valence electrons. The summed E-state index contributed by atoms with van der Waals surface area (Å²) in [6.07, 6.45) is 0. The predicted molar refractivity (Wildman–Crippen MR) is 282 cm³/mol. The molecule has 0 radical (unpaired) electrons. The molecule has 0 aliphatic rings. The maximum Gasteiger partial charge on any atom is 0.164 e. The minimum Gasteiger partial charge on any atom is -0.308 e. The molecule has 0 saturated heterocycles. The number of nitrogens with zero attached hydrogens (tertiary/aromatic N) is 10. The van der Waals surface area contributed by atoms with E-state index in [0.717, 1.165) is 93.7 Å². The number of hydrogen-bond donors (Lipinski definition) is 0. The van der Waals surface area contributed by atoms with Crippen LogP contribution in [0.15, 0.2) is 164 Å². The predicted octanol–water partition coefficient (Wildman–Crippen LogP) is 13.9. The van der Waals surface area contributed by atoms with Crippen LogP contribution in [0.25, 0.3) is 112 Å². The van der Waals surface area contributed by atoms with Gasteiger partial charge in [0.25, 0.3) is 0 Å². The van der Waals surface area contributed by atoms with E-state index < -0.39 is 0 Å². The van der Waals surface area contributed by atoms with Gasteiger partial charge in [-0.1, -0.05) is 103 Å². The van der Waals surface area contributed by atoms with E-state index in [1.165, 1.54) is 0 Å². The smallest absolute Gasteiger partial charge is 0.164 e. The first-order valence-corrected chi connectivity index (χ1v) is 23.4. The normalized spacial score (nSPS) is 11.4. The van der Waals surface area contributed by atoms with Crippen LogP contribution in [0.5, 0.6) is 0 Å². The average Bonchev–Trinajstić information content (AvgIpc) is 3.88. The highest BCUT2D eigenvalue weighted by molar-refractivity contribution is 6.12. The highest BCUT2D eigenvalue weighted by Crippen LogP contribution is 2.43. The Hall–Kier alpha value is -9.64. The Kier molecular flexibility index (Phi) is 10.1. The quantitative estimate of drug-likeness (QED) is 0.154. The summed E-state index contributed by atoms with van der Waals surface area (Å²) in [7, 11) is 0. The van der Waals surface area contributed by atoms with E-state index in [-0.39, 0.29) is 0 Å². The van der Waals surface area contributed by atoms with Crippen molar-refractivity contribution in [1.29, 1.82) is 10.5 Å². The number of para-hydroxylation sites is 1. The summed E-state index contributed by atoms with van der Waals surface area (Å²) in [5.74, 6) is 3.33. The van der Waals surface area contributed by atoms with Gasteiger partial charge >= 0.3 is 0 Å². The fourth-order valence-electron chi connectivity index (χ4n) is 10.1. The van der Waals surface area contributed by atoms with E-state index in [1.54, 1.807) is 0 Å². The minimum atomic E-state index is 0.472. The standard InChI is InChI=1S/C61H42N10/c1-35-21-25-53-49(26-35)45-18-12-13-19-52(45)70(53)57-31-44(61-68-58(40-14-8-6-9-15-40)67-59(69-61)41-16-10-7-11-17-41)29-48(51(57)34-63)47-32-50-46-24-20-36(2)27-55(46)71(56(50)28-37(47)3)54-30-42(22-23-43(54)33-62)60-65-38(4)64-39(5)66-60/h6-32H,1-5H3. The Morgan fingerprint density at radius 1 is 0.366 bits per heavy atom. The highest BCUT2D eigenvalue weighted by Gasteiger charge is 2.25. The third-order valence-electron chi connectivity index (χ3n) is 13.3. The molecule has 71 heavy (non-hydrogen) atoms. The topological polar surface area (TPSA) is 135 Å². The zero-order valence-electron chi connectivity index (χ0n) is 39.6. The summed E-state index contributed by atoms with van der Waals surface area (Å²) in [6.45, 7) is 9.97. The Labute approximate surface area is 409 Å². The van der Waals surface area contributed by atoms with Crippen molar-refractivity contribution in [3.8, 4) is 80.2 Å². The molecule has 10 nitrogen and oxygen atoms in total. The van der Waals surface area contributed by atoms with Crippen molar-refractivity contribution >= 4 is 43.6 Å². The molecule has 0 unspecified atom stereocenters. The molecule has 0 atom stereocenters. The average molecular weight is 915 g/mol. The van der Waals surface area contributed by atoms with Gasteiger partial charge in [-0.2, -0.15) is 10.5 Å². The van der Waals surface area contributed by atoms with Gasteiger partial charge in [0.15, 0.2) is 23.3 Å². The third kappa shape index (κ3) is 7.25. The Balaban J connectivity index is 1.16. The zero-order chi connectivity index (χ0) is 48.5. The van der Waals surface area contributed by atoms with Crippen LogP contribution in [0.1, 0.15) is 39.5 Å². The largest absolute Gasteiger partial charge is 0.308 e. The fraction of sp³-hybridized carbons (Fsp3) is 0.0820. The van der Waals surface area contributed by atoms with Crippen LogP contribution in [-0.2, 0) is 0 Å². The van der Waals surface area contributed by atoms with Gasteiger partial charge in [0.05, 0.1) is 44.6 Å². The SMILES string of the molecule is Cc1ccc2c(c1)c1ccccc1n2-c1cc(-c2nc(-c3ccccc3)nc(-c3ccccc3)n2)cc(-c2cc3c4ccc(C)cc4n(-c4cc(-c5nc(C)nc(C)n5)ccc4C#N)c3cc2C)c1C#N. The maximum absolute atomic E-state index is 11.6. The number of nitriles is 2. The summed E-state index contributed by atoms with van der Waals surface area (Å²) < 4.78 is 4.38. The van der Waals surface area contributed by atoms with Gasteiger partial charge < -0.3 is 9.13 Å². The lowest BCUT2D eigenvalue weighted by Crippen LogP contribution is -2.04. The van der Waals surface area contributed by atoms with E-state index in [0.29, 0.717) is 57.4 Å². The molecule has 0 bridgehead atoms. The van der Waals surface area contributed by atoms with Crippen molar-refractivity contribution in [2.24, 2.45) is 0 Å². The lowest BCUT2D eigenvalue weighted by atomic mass is 9.91. The van der Waals surface area contributed by atoms with Crippen LogP contribution in [0.2, 0.25) is 0 Å². The zero-order valence-corrected chi connectivity index (χ0v) is 39.6. The Morgan fingerprint density at radius 3 is 1.61 bits per heavy atom. The van der Waals surface area contributed by atoms with Crippen LogP contribution in [0.4, 0.5) is 0 Å². The fourth-order valence-corrected chi connectivity index (χ4v) is 10.1. The first-order valence-electron chi connectivity index (χ1n) is 23.4. The van der Waals surface area contributed by atoms with Gasteiger partial charge in [-0.25, -0.2) is 29.9 Å². The molecule has 12 aromatic rings. The second kappa shape index (κ2) is 16.8. The van der Waals surface area contributed by atoms with E-state index in [2.05, 4.69) is 136 Å². The van der Waals surface area contributed by atoms with Crippen molar-refractivity contribution in [2.45, 2.75) is 34.6 Å². The maximum atomic E-state index is 11.6. The lowest BCUT2D eigenvalue weighted by Gasteiger charge is -2.18. The van der Waals surface area contributed by atoms with Crippen LogP contribution >= 0.6 is 0 Å². The molecule has 0 saturated carbocycles. The summed E-state index contributed by atoms with van der Waals surface area (Å²) >= 11 is 0. The van der Waals surface area contributed by atoms with Gasteiger partial charge in [-0.15, -0.1) is 0 Å². The molecule has 0 spiro atoms. The van der Waals surface area contributed by atoms with Gasteiger partial charge in [-0.3, -0.25) is 0 Å². The molecule has 0 amide bonds. The second-order valence-electron chi connectivity index (χ2n) is 18.1. The van der Waals surface area contributed by atoms with E-state index in [9.17, 15) is 10.5 Å². The van der Waals surface area contributed by atoms with Crippen molar-refractivity contribution in [1.82, 2.24) is 39.0 Å². The molecule has 8 aromatic carbocycles. The van der Waals surface area contributed by atoms with E-state index in [4.69, 9.17) is 15.0 Å². The number of rotatable bonds is 7. The molecule has 4 heterocycles. The summed E-state index contributed by atoms with van der Waals surface area (Å²) in [4.78, 5) is 29.2. The third-order valence-corrected chi connectivity index (χ3v) is 13.3. The first-order chi connectivity index (χ1) is 34.6. The number of hydrogen-bond acceptors (Lipinski definition) is 8. The van der Waals surface area contributed by atoms with Crippen molar-refractivity contribution < 1.29 is 0 Å². The Morgan fingerprint density at radius 2 is 0.915 bits per heavy atom. The number of aromatic nitrogens is 8. The van der Waals surface area contributed by atoms with Crippen LogP contribution in [0.3, 0.4) is 0 Å². The van der Waals surface area contributed by atoms with Gasteiger partial charge in [-0.05, 0) is 118 Å². The molecular weight excluding hydrogens is 873 g/mol. The molecule has 0 aliphatic carbocycles. The second-order valence-corrected chi connectivity index (χ2v) is 18.1. The monoisotopic (exact) mass is 914 g/mol. The van der Waals surface area contributed by atoms with Crippen molar-refractivity contribution in [3.05, 3.63) is 203 Å². The highest BCUT2D eigenvalue weighted by atomic mass is 15.0. The van der Waals surface area contributed by atoms with Crippen LogP contribution in [-0.4, -0.2) is 39.0 Å². The Bertz CT molecular complexity index is 4170. The molecule has 0 fully saturated rings. The molecule has 0 N–H and O–H groups in total.